The number of amides is 1. The van der Waals surface area contributed by atoms with Gasteiger partial charge in [-0.05, 0) is 31.5 Å². The second-order valence-corrected chi connectivity index (χ2v) is 6.96. The van der Waals surface area contributed by atoms with E-state index >= 15 is 0 Å². The Morgan fingerprint density at radius 3 is 2.71 bits per heavy atom. The molecule has 1 heterocycles. The molecule has 2 aromatic rings. The largest absolute Gasteiger partial charge is 0.492 e. The molecule has 0 bridgehead atoms. The van der Waals surface area contributed by atoms with Crippen LogP contribution in [0.25, 0.3) is 0 Å². The Kier molecular flexibility index (Phi) is 6.60. The van der Waals surface area contributed by atoms with Crippen LogP contribution in [0.5, 0.6) is 5.75 Å². The first kappa shape index (κ1) is 19.8. The summed E-state index contributed by atoms with van der Waals surface area (Å²) < 4.78 is 5.67. The van der Waals surface area contributed by atoms with Crippen LogP contribution in [-0.4, -0.2) is 60.0 Å². The molecule has 0 aliphatic carbocycles. The van der Waals surface area contributed by atoms with Gasteiger partial charge in [-0.15, -0.1) is 0 Å². The van der Waals surface area contributed by atoms with E-state index in [1.54, 1.807) is 12.1 Å². The van der Waals surface area contributed by atoms with Crippen LogP contribution in [0.1, 0.15) is 22.3 Å². The number of nitrogens with zero attached hydrogens (tertiary/aromatic N) is 3. The van der Waals surface area contributed by atoms with E-state index in [-0.39, 0.29) is 11.6 Å². The van der Waals surface area contributed by atoms with Crippen molar-refractivity contribution in [2.45, 2.75) is 13.3 Å². The molecule has 0 unspecified atom stereocenters. The highest BCUT2D eigenvalue weighted by Crippen LogP contribution is 2.19. The number of carbonyl (C=O) groups is 1. The summed E-state index contributed by atoms with van der Waals surface area (Å²) in [6.07, 6.45) is 0.911. The van der Waals surface area contributed by atoms with Gasteiger partial charge in [-0.25, -0.2) is 0 Å². The highest BCUT2D eigenvalue weighted by molar-refractivity contribution is 5.94. The second-order valence-electron chi connectivity index (χ2n) is 6.96. The Morgan fingerprint density at radius 2 is 1.93 bits per heavy atom. The fraction of sp³-hybridized carbons (Fsp3) is 0.381. The molecule has 1 aliphatic heterocycles. The van der Waals surface area contributed by atoms with Crippen molar-refractivity contribution in [3.8, 4) is 5.75 Å². The summed E-state index contributed by atoms with van der Waals surface area (Å²) in [6.45, 7) is 6.27. The lowest BCUT2D eigenvalue weighted by atomic mass is 10.1. The molecular weight excluding hydrogens is 358 g/mol. The van der Waals surface area contributed by atoms with Crippen LogP contribution < -0.4 is 4.74 Å². The SMILES string of the molecule is Cc1cccc(C(=O)N2CCCN(CCOc3cccc([N+](=O)[O-])c3)CC2)c1. The molecule has 1 amide bonds. The third-order valence-electron chi connectivity index (χ3n) is 4.85. The summed E-state index contributed by atoms with van der Waals surface area (Å²) in [4.78, 5) is 27.3. The lowest BCUT2D eigenvalue weighted by Gasteiger charge is -2.22. The van der Waals surface area contributed by atoms with Crippen molar-refractivity contribution in [3.05, 3.63) is 69.8 Å². The average Bonchev–Trinajstić information content (AvgIpc) is 2.93. The molecule has 0 N–H and O–H groups in total. The van der Waals surface area contributed by atoms with Gasteiger partial charge in [0, 0.05) is 44.4 Å². The Hall–Kier alpha value is -2.93. The zero-order valence-electron chi connectivity index (χ0n) is 16.0. The van der Waals surface area contributed by atoms with E-state index in [4.69, 9.17) is 4.74 Å². The Labute approximate surface area is 164 Å². The van der Waals surface area contributed by atoms with Crippen molar-refractivity contribution >= 4 is 11.6 Å². The second kappa shape index (κ2) is 9.32. The third kappa shape index (κ3) is 5.29. The van der Waals surface area contributed by atoms with E-state index in [1.165, 1.54) is 12.1 Å². The van der Waals surface area contributed by atoms with Gasteiger partial charge in [0.05, 0.1) is 11.0 Å². The lowest BCUT2D eigenvalue weighted by molar-refractivity contribution is -0.384. The van der Waals surface area contributed by atoms with Crippen molar-refractivity contribution in [2.24, 2.45) is 0 Å². The lowest BCUT2D eigenvalue weighted by Crippen LogP contribution is -2.36. The number of hydrogen-bond acceptors (Lipinski definition) is 5. The number of rotatable bonds is 6. The van der Waals surface area contributed by atoms with Crippen LogP contribution >= 0.6 is 0 Å². The van der Waals surface area contributed by atoms with Gasteiger partial charge in [-0.1, -0.05) is 23.8 Å². The normalized spacial score (nSPS) is 15.1. The number of benzene rings is 2. The highest BCUT2D eigenvalue weighted by atomic mass is 16.6. The first-order valence-corrected chi connectivity index (χ1v) is 9.48. The molecule has 0 aromatic heterocycles. The van der Waals surface area contributed by atoms with Crippen molar-refractivity contribution in [1.82, 2.24) is 9.80 Å². The number of nitro benzene ring substituents is 1. The van der Waals surface area contributed by atoms with Crippen LogP contribution in [0.4, 0.5) is 5.69 Å². The van der Waals surface area contributed by atoms with Crippen molar-refractivity contribution in [2.75, 3.05) is 39.3 Å². The molecule has 7 heteroatoms. The molecule has 2 aromatic carbocycles. The molecular formula is C21H25N3O4. The van der Waals surface area contributed by atoms with Crippen LogP contribution in [0.15, 0.2) is 48.5 Å². The summed E-state index contributed by atoms with van der Waals surface area (Å²) in [5.41, 5.74) is 1.85. The number of nitro groups is 1. The minimum atomic E-state index is -0.429. The van der Waals surface area contributed by atoms with Crippen LogP contribution in [-0.2, 0) is 0 Å². The van der Waals surface area contributed by atoms with Gasteiger partial charge in [0.25, 0.3) is 11.6 Å². The van der Waals surface area contributed by atoms with Crippen LogP contribution in [0.3, 0.4) is 0 Å². The molecule has 3 rings (SSSR count). The topological polar surface area (TPSA) is 75.9 Å². The molecule has 1 fully saturated rings. The predicted molar refractivity (Wildman–Crippen MR) is 107 cm³/mol. The van der Waals surface area contributed by atoms with Crippen molar-refractivity contribution < 1.29 is 14.5 Å². The van der Waals surface area contributed by atoms with Crippen molar-refractivity contribution in [1.29, 1.82) is 0 Å². The molecule has 148 valence electrons. The number of non-ortho nitro benzene ring substituents is 1. The Morgan fingerprint density at radius 1 is 1.11 bits per heavy atom. The summed E-state index contributed by atoms with van der Waals surface area (Å²) >= 11 is 0. The van der Waals surface area contributed by atoms with Gasteiger partial charge >= 0.3 is 0 Å². The van der Waals surface area contributed by atoms with Crippen LogP contribution in [0.2, 0.25) is 0 Å². The van der Waals surface area contributed by atoms with E-state index in [0.717, 1.165) is 43.7 Å². The number of ether oxygens (including phenoxy) is 1. The summed E-state index contributed by atoms with van der Waals surface area (Å²) in [7, 11) is 0. The first-order valence-electron chi connectivity index (χ1n) is 9.48. The smallest absolute Gasteiger partial charge is 0.273 e. The third-order valence-corrected chi connectivity index (χ3v) is 4.85. The summed E-state index contributed by atoms with van der Waals surface area (Å²) in [5.74, 6) is 0.582. The van der Waals surface area contributed by atoms with E-state index in [0.29, 0.717) is 18.9 Å². The monoisotopic (exact) mass is 383 g/mol. The van der Waals surface area contributed by atoms with E-state index < -0.39 is 4.92 Å². The first-order chi connectivity index (χ1) is 13.5. The average molecular weight is 383 g/mol. The van der Waals surface area contributed by atoms with Gasteiger partial charge in [0.15, 0.2) is 0 Å². The van der Waals surface area contributed by atoms with Crippen LogP contribution in [0, 0.1) is 17.0 Å². The number of aryl methyl sites for hydroxylation is 1. The van der Waals surface area contributed by atoms with Gasteiger partial charge in [0.2, 0.25) is 0 Å². The zero-order valence-corrected chi connectivity index (χ0v) is 16.0. The fourth-order valence-corrected chi connectivity index (χ4v) is 3.34. The number of hydrogen-bond donors (Lipinski definition) is 0. The molecule has 7 nitrogen and oxygen atoms in total. The van der Waals surface area contributed by atoms with E-state index in [9.17, 15) is 14.9 Å². The predicted octanol–water partition coefficient (Wildman–Crippen LogP) is 3.13. The molecule has 0 atom stereocenters. The fourth-order valence-electron chi connectivity index (χ4n) is 3.34. The minimum Gasteiger partial charge on any atom is -0.492 e. The molecule has 0 radical (unpaired) electrons. The maximum Gasteiger partial charge on any atom is 0.273 e. The Bertz CT molecular complexity index is 840. The quantitative estimate of drug-likeness (QED) is 0.566. The number of carbonyl (C=O) groups excluding carboxylic acids is 1. The van der Waals surface area contributed by atoms with Gasteiger partial charge in [0.1, 0.15) is 12.4 Å². The summed E-state index contributed by atoms with van der Waals surface area (Å²) in [6, 6.07) is 13.9. The molecule has 0 saturated carbocycles. The van der Waals surface area contributed by atoms with E-state index in [1.807, 2.05) is 36.1 Å². The van der Waals surface area contributed by atoms with Gasteiger partial charge in [-0.3, -0.25) is 19.8 Å². The molecule has 28 heavy (non-hydrogen) atoms. The molecule has 1 saturated heterocycles. The zero-order chi connectivity index (χ0) is 19.9. The van der Waals surface area contributed by atoms with E-state index in [2.05, 4.69) is 4.90 Å². The standard InChI is InChI=1S/C21H25N3O4/c1-17-5-2-6-18(15-17)21(25)23-10-4-9-22(11-12-23)13-14-28-20-8-3-7-19(16-20)24(26)27/h2-3,5-8,15-16H,4,9-14H2,1H3. The maximum atomic E-state index is 12.7. The van der Waals surface area contributed by atoms with Gasteiger partial charge in [-0.2, -0.15) is 0 Å². The molecule has 1 aliphatic rings. The highest BCUT2D eigenvalue weighted by Gasteiger charge is 2.20. The van der Waals surface area contributed by atoms with Gasteiger partial charge < -0.3 is 9.64 Å². The Balaban J connectivity index is 1.48. The maximum absolute atomic E-state index is 12.7. The molecule has 0 spiro atoms. The summed E-state index contributed by atoms with van der Waals surface area (Å²) in [5, 5.41) is 10.8. The van der Waals surface area contributed by atoms with Crippen molar-refractivity contribution in [3.63, 3.8) is 0 Å². The minimum absolute atomic E-state index is 0.0255.